The number of carbonyl (C=O) groups excluding carboxylic acids is 1. The summed E-state index contributed by atoms with van der Waals surface area (Å²) in [5, 5.41) is 0. The lowest BCUT2D eigenvalue weighted by Crippen LogP contribution is -2.53. The SMILES string of the molecule is O=C(N1CCCC1)N1CCN(S(=O)(=O)c2cccc3nsnc23)CC1. The highest BCUT2D eigenvalue weighted by Crippen LogP contribution is 2.25. The third kappa shape index (κ3) is 2.98. The minimum Gasteiger partial charge on any atom is -0.325 e. The maximum Gasteiger partial charge on any atom is 0.320 e. The highest BCUT2D eigenvalue weighted by molar-refractivity contribution is 7.89. The average molecular weight is 381 g/mol. The first-order chi connectivity index (χ1) is 12.1. The number of carbonyl (C=O) groups is 1. The van der Waals surface area contributed by atoms with Crippen molar-refractivity contribution >= 4 is 38.8 Å². The van der Waals surface area contributed by atoms with Crippen LogP contribution in [0.2, 0.25) is 0 Å². The first-order valence-electron chi connectivity index (χ1n) is 8.33. The van der Waals surface area contributed by atoms with Gasteiger partial charge in [-0.2, -0.15) is 13.1 Å². The summed E-state index contributed by atoms with van der Waals surface area (Å²) >= 11 is 1.01. The van der Waals surface area contributed by atoms with Crippen LogP contribution in [0, 0.1) is 0 Å². The van der Waals surface area contributed by atoms with Crippen molar-refractivity contribution in [2.45, 2.75) is 17.7 Å². The molecule has 134 valence electrons. The molecule has 2 aliphatic heterocycles. The van der Waals surface area contributed by atoms with E-state index in [9.17, 15) is 13.2 Å². The van der Waals surface area contributed by atoms with Crippen LogP contribution in [0.3, 0.4) is 0 Å². The molecule has 2 aromatic rings. The molecule has 4 rings (SSSR count). The van der Waals surface area contributed by atoms with Gasteiger partial charge in [-0.05, 0) is 25.0 Å². The minimum atomic E-state index is -3.64. The van der Waals surface area contributed by atoms with Gasteiger partial charge in [-0.1, -0.05) is 6.07 Å². The van der Waals surface area contributed by atoms with E-state index < -0.39 is 10.0 Å². The van der Waals surface area contributed by atoms with Gasteiger partial charge in [0.05, 0.1) is 11.7 Å². The molecule has 2 aliphatic rings. The second-order valence-corrected chi connectivity index (χ2v) is 8.69. The van der Waals surface area contributed by atoms with Crippen molar-refractivity contribution in [2.24, 2.45) is 0 Å². The molecule has 2 fully saturated rings. The molecule has 0 unspecified atom stereocenters. The van der Waals surface area contributed by atoms with Gasteiger partial charge in [-0.25, -0.2) is 13.2 Å². The number of sulfonamides is 1. The summed E-state index contributed by atoms with van der Waals surface area (Å²) in [7, 11) is -3.64. The summed E-state index contributed by atoms with van der Waals surface area (Å²) in [6, 6.07) is 5.04. The Balaban J connectivity index is 1.50. The van der Waals surface area contributed by atoms with Gasteiger partial charge in [-0.15, -0.1) is 0 Å². The molecule has 0 radical (unpaired) electrons. The number of nitrogens with zero attached hydrogens (tertiary/aromatic N) is 5. The first-order valence-corrected chi connectivity index (χ1v) is 10.5. The first kappa shape index (κ1) is 16.7. The lowest BCUT2D eigenvalue weighted by Gasteiger charge is -2.35. The normalized spacial score (nSPS) is 19.7. The predicted molar refractivity (Wildman–Crippen MR) is 93.9 cm³/mol. The highest BCUT2D eigenvalue weighted by Gasteiger charge is 2.33. The van der Waals surface area contributed by atoms with E-state index in [4.69, 9.17) is 0 Å². The van der Waals surface area contributed by atoms with Crippen LogP contribution in [-0.4, -0.2) is 76.6 Å². The maximum absolute atomic E-state index is 13.0. The molecule has 0 bridgehead atoms. The summed E-state index contributed by atoms with van der Waals surface area (Å²) in [5.41, 5.74) is 1.01. The quantitative estimate of drug-likeness (QED) is 0.780. The number of urea groups is 1. The third-order valence-electron chi connectivity index (χ3n) is 4.75. The molecular formula is C15H19N5O3S2. The highest BCUT2D eigenvalue weighted by atomic mass is 32.2. The van der Waals surface area contributed by atoms with Gasteiger partial charge < -0.3 is 9.80 Å². The number of hydrogen-bond donors (Lipinski definition) is 0. The molecule has 0 N–H and O–H groups in total. The molecule has 3 heterocycles. The summed E-state index contributed by atoms with van der Waals surface area (Å²) in [5.74, 6) is 0. The molecule has 0 aliphatic carbocycles. The molecule has 0 saturated carbocycles. The number of benzene rings is 1. The Morgan fingerprint density at radius 3 is 2.36 bits per heavy atom. The zero-order valence-electron chi connectivity index (χ0n) is 13.7. The molecule has 8 nitrogen and oxygen atoms in total. The summed E-state index contributed by atoms with van der Waals surface area (Å²) in [6.45, 7) is 3.04. The molecule has 2 saturated heterocycles. The van der Waals surface area contributed by atoms with Gasteiger partial charge in [0, 0.05) is 39.3 Å². The molecule has 1 aromatic carbocycles. The number of aromatic nitrogens is 2. The van der Waals surface area contributed by atoms with Crippen molar-refractivity contribution in [3.05, 3.63) is 18.2 Å². The molecule has 0 atom stereocenters. The van der Waals surface area contributed by atoms with Gasteiger partial charge in [0.1, 0.15) is 15.9 Å². The fourth-order valence-electron chi connectivity index (χ4n) is 3.36. The van der Waals surface area contributed by atoms with Crippen LogP contribution in [0.1, 0.15) is 12.8 Å². The lowest BCUT2D eigenvalue weighted by atomic mass is 10.3. The maximum atomic E-state index is 13.0. The zero-order chi connectivity index (χ0) is 17.4. The van der Waals surface area contributed by atoms with Crippen molar-refractivity contribution in [3.63, 3.8) is 0 Å². The standard InChI is InChI=1S/C15H19N5O3S2/c21-15(18-6-1-2-7-18)19-8-10-20(11-9-19)25(22,23)13-5-3-4-12-14(13)17-24-16-12/h3-5H,1-2,6-11H2. The average Bonchev–Trinajstić information content (AvgIpc) is 3.32. The van der Waals surface area contributed by atoms with E-state index in [1.165, 1.54) is 4.31 Å². The largest absolute Gasteiger partial charge is 0.325 e. The van der Waals surface area contributed by atoms with Crippen LogP contribution in [0.25, 0.3) is 11.0 Å². The summed E-state index contributed by atoms with van der Waals surface area (Å²) in [4.78, 5) is 16.2. The third-order valence-corrected chi connectivity index (χ3v) is 7.23. The van der Waals surface area contributed by atoms with Crippen molar-refractivity contribution in [1.29, 1.82) is 0 Å². The topological polar surface area (TPSA) is 86.7 Å². The smallest absolute Gasteiger partial charge is 0.320 e. The molecule has 0 spiro atoms. The van der Waals surface area contributed by atoms with Gasteiger partial charge in [0.2, 0.25) is 10.0 Å². The fourth-order valence-corrected chi connectivity index (χ4v) is 5.53. The van der Waals surface area contributed by atoms with E-state index in [2.05, 4.69) is 8.75 Å². The van der Waals surface area contributed by atoms with E-state index in [1.54, 1.807) is 23.1 Å². The number of amides is 2. The van der Waals surface area contributed by atoms with Gasteiger partial charge in [-0.3, -0.25) is 0 Å². The second-order valence-electron chi connectivity index (χ2n) is 6.26. The van der Waals surface area contributed by atoms with Crippen LogP contribution in [0.4, 0.5) is 4.79 Å². The van der Waals surface area contributed by atoms with Crippen molar-refractivity contribution in [2.75, 3.05) is 39.3 Å². The lowest BCUT2D eigenvalue weighted by molar-refractivity contribution is 0.142. The Morgan fingerprint density at radius 1 is 0.960 bits per heavy atom. The second kappa shape index (κ2) is 6.50. The Kier molecular flexibility index (Phi) is 4.34. The van der Waals surface area contributed by atoms with E-state index >= 15 is 0 Å². The van der Waals surface area contributed by atoms with Crippen molar-refractivity contribution < 1.29 is 13.2 Å². The van der Waals surface area contributed by atoms with E-state index in [-0.39, 0.29) is 10.9 Å². The van der Waals surface area contributed by atoms with Crippen molar-refractivity contribution in [3.8, 4) is 0 Å². The monoisotopic (exact) mass is 381 g/mol. The van der Waals surface area contributed by atoms with Crippen LogP contribution in [0.15, 0.2) is 23.1 Å². The van der Waals surface area contributed by atoms with Crippen LogP contribution >= 0.6 is 11.7 Å². The molecule has 10 heteroatoms. The molecular weight excluding hydrogens is 362 g/mol. The van der Waals surface area contributed by atoms with Gasteiger partial charge in [0.25, 0.3) is 0 Å². The Morgan fingerprint density at radius 2 is 1.64 bits per heavy atom. The zero-order valence-corrected chi connectivity index (χ0v) is 15.3. The predicted octanol–water partition coefficient (Wildman–Crippen LogP) is 1.21. The van der Waals surface area contributed by atoms with E-state index in [0.29, 0.717) is 37.2 Å². The number of piperazine rings is 1. The van der Waals surface area contributed by atoms with Gasteiger partial charge in [0.15, 0.2) is 0 Å². The van der Waals surface area contributed by atoms with Crippen LogP contribution in [-0.2, 0) is 10.0 Å². The van der Waals surface area contributed by atoms with Gasteiger partial charge >= 0.3 is 6.03 Å². The Hall–Kier alpha value is -1.78. The number of likely N-dealkylation sites (tertiary alicyclic amines) is 1. The summed E-state index contributed by atoms with van der Waals surface area (Å²) < 4.78 is 35.6. The minimum absolute atomic E-state index is 0.0281. The Bertz CT molecular complexity index is 883. The van der Waals surface area contributed by atoms with Crippen LogP contribution < -0.4 is 0 Å². The summed E-state index contributed by atoms with van der Waals surface area (Å²) in [6.07, 6.45) is 2.09. The molecule has 25 heavy (non-hydrogen) atoms. The van der Waals surface area contributed by atoms with E-state index in [1.807, 2.05) is 4.90 Å². The number of rotatable bonds is 2. The molecule has 2 amide bonds. The van der Waals surface area contributed by atoms with Crippen molar-refractivity contribution in [1.82, 2.24) is 22.9 Å². The fraction of sp³-hybridized carbons (Fsp3) is 0.533. The van der Waals surface area contributed by atoms with Crippen LogP contribution in [0.5, 0.6) is 0 Å². The number of hydrogen-bond acceptors (Lipinski definition) is 6. The van der Waals surface area contributed by atoms with E-state index in [0.717, 1.165) is 37.7 Å². The number of fused-ring (bicyclic) bond motifs is 1. The molecule has 1 aromatic heterocycles. The Labute approximate surface area is 150 Å².